The molecule has 0 saturated carbocycles. The average molecular weight is 258 g/mol. The third-order valence-electron chi connectivity index (χ3n) is 2.91. The number of rotatable bonds is 0. The molecule has 1 unspecified atom stereocenters. The second kappa shape index (κ2) is 4.68. The summed E-state index contributed by atoms with van der Waals surface area (Å²) in [4.78, 5) is 31.7. The van der Waals surface area contributed by atoms with Crippen LogP contribution >= 0.6 is 0 Å². The van der Waals surface area contributed by atoms with E-state index in [0.29, 0.717) is 6.61 Å². The van der Waals surface area contributed by atoms with Gasteiger partial charge in [-0.05, 0) is 13.8 Å². The van der Waals surface area contributed by atoms with Gasteiger partial charge in [0.05, 0.1) is 12.0 Å². The molecule has 2 saturated heterocycles. The average Bonchev–Trinajstić information content (AvgIpc) is 2.65. The Labute approximate surface area is 105 Å². The van der Waals surface area contributed by atoms with Crippen LogP contribution in [0.2, 0.25) is 0 Å². The summed E-state index contributed by atoms with van der Waals surface area (Å²) in [6.45, 7) is 7.53. The number of hydrogen-bond donors (Lipinski definition) is 1. The molecule has 0 spiro atoms. The Balaban J connectivity index is 0.000000180. The Kier molecular flexibility index (Phi) is 3.81. The van der Waals surface area contributed by atoms with Crippen molar-refractivity contribution in [2.75, 3.05) is 13.2 Å². The Morgan fingerprint density at radius 3 is 1.72 bits per heavy atom. The lowest BCUT2D eigenvalue weighted by Gasteiger charge is -2.15. The van der Waals surface area contributed by atoms with Crippen LogP contribution in [-0.4, -0.2) is 42.1 Å². The van der Waals surface area contributed by atoms with E-state index in [9.17, 15) is 14.4 Å². The highest BCUT2D eigenvalue weighted by molar-refractivity contribution is 6.37. The zero-order valence-corrected chi connectivity index (χ0v) is 11.0. The van der Waals surface area contributed by atoms with E-state index in [-0.39, 0.29) is 6.61 Å². The van der Waals surface area contributed by atoms with Crippen molar-refractivity contribution < 1.29 is 29.0 Å². The Morgan fingerprint density at radius 2 is 1.61 bits per heavy atom. The number of esters is 2. The van der Waals surface area contributed by atoms with Gasteiger partial charge in [0.2, 0.25) is 5.78 Å². The molecule has 2 aliphatic rings. The van der Waals surface area contributed by atoms with Crippen molar-refractivity contribution in [2.24, 2.45) is 10.8 Å². The van der Waals surface area contributed by atoms with Gasteiger partial charge in [0, 0.05) is 5.41 Å². The highest BCUT2D eigenvalue weighted by atomic mass is 16.6. The van der Waals surface area contributed by atoms with Gasteiger partial charge in [0.1, 0.15) is 6.61 Å². The summed E-state index contributed by atoms with van der Waals surface area (Å²) in [6, 6.07) is 0. The zero-order valence-electron chi connectivity index (χ0n) is 11.0. The maximum atomic E-state index is 10.8. The summed E-state index contributed by atoms with van der Waals surface area (Å²) in [5.41, 5.74) is -0.978. The lowest BCUT2D eigenvalue weighted by atomic mass is 9.90. The standard InChI is InChI=1S/C6H10O3.C6H8O3/c2*1-6(2)3-9-5(8)4(6)7/h4,7H,3H2,1-2H3;3H2,1-2H3. The molecule has 0 aromatic carbocycles. The quantitative estimate of drug-likeness (QED) is 0.488. The van der Waals surface area contributed by atoms with Crippen molar-refractivity contribution in [3.63, 3.8) is 0 Å². The molecule has 2 fully saturated rings. The minimum absolute atomic E-state index is 0.227. The molecule has 0 aromatic rings. The Bertz CT molecular complexity index is 382. The zero-order chi connectivity index (χ0) is 14.1. The van der Waals surface area contributed by atoms with E-state index in [1.807, 2.05) is 0 Å². The van der Waals surface area contributed by atoms with Crippen LogP contribution in [0.5, 0.6) is 0 Å². The second-order valence-corrected chi connectivity index (χ2v) is 5.79. The van der Waals surface area contributed by atoms with Gasteiger partial charge in [-0.1, -0.05) is 13.8 Å². The van der Waals surface area contributed by atoms with Gasteiger partial charge in [-0.2, -0.15) is 0 Å². The number of carbonyl (C=O) groups is 3. The fourth-order valence-corrected chi connectivity index (χ4v) is 1.39. The van der Waals surface area contributed by atoms with Crippen LogP contribution in [-0.2, 0) is 23.9 Å². The van der Waals surface area contributed by atoms with Crippen LogP contribution in [0.1, 0.15) is 27.7 Å². The van der Waals surface area contributed by atoms with Crippen molar-refractivity contribution in [1.82, 2.24) is 0 Å². The molecule has 0 aliphatic carbocycles. The lowest BCUT2D eigenvalue weighted by molar-refractivity contribution is -0.147. The van der Waals surface area contributed by atoms with Crippen LogP contribution in [0.3, 0.4) is 0 Å². The summed E-state index contributed by atoms with van der Waals surface area (Å²) in [5.74, 6) is -1.61. The molecule has 6 nitrogen and oxygen atoms in total. The molecule has 1 atom stereocenters. The number of carbonyl (C=O) groups excluding carboxylic acids is 3. The lowest BCUT2D eigenvalue weighted by Crippen LogP contribution is -2.29. The number of ketones is 1. The maximum absolute atomic E-state index is 10.8. The summed E-state index contributed by atoms with van der Waals surface area (Å²) in [5, 5.41) is 9.05. The van der Waals surface area contributed by atoms with E-state index >= 15 is 0 Å². The largest absolute Gasteiger partial charge is 0.463 e. The van der Waals surface area contributed by atoms with Gasteiger partial charge in [-0.25, -0.2) is 9.59 Å². The molecule has 0 amide bonds. The van der Waals surface area contributed by atoms with Crippen LogP contribution in [0, 0.1) is 10.8 Å². The summed E-state index contributed by atoms with van der Waals surface area (Å²) in [6.07, 6.45) is -0.933. The van der Waals surface area contributed by atoms with E-state index in [1.54, 1.807) is 27.7 Å². The molecule has 6 heteroatoms. The summed E-state index contributed by atoms with van der Waals surface area (Å²) >= 11 is 0. The van der Waals surface area contributed by atoms with Crippen LogP contribution in [0.25, 0.3) is 0 Å². The van der Waals surface area contributed by atoms with E-state index in [1.165, 1.54) is 0 Å². The number of hydrogen-bond acceptors (Lipinski definition) is 6. The fourth-order valence-electron chi connectivity index (χ4n) is 1.39. The predicted octanol–water partition coefficient (Wildman–Crippen LogP) is 0.0688. The van der Waals surface area contributed by atoms with Gasteiger partial charge in [0.25, 0.3) is 0 Å². The predicted molar refractivity (Wildman–Crippen MR) is 60.5 cm³/mol. The smallest absolute Gasteiger partial charge is 0.375 e. The molecule has 102 valence electrons. The first-order valence-corrected chi connectivity index (χ1v) is 5.64. The van der Waals surface area contributed by atoms with Gasteiger partial charge in [0.15, 0.2) is 6.10 Å². The molecule has 1 N–H and O–H groups in total. The fraction of sp³-hybridized carbons (Fsp3) is 0.750. The molecule has 2 heterocycles. The third-order valence-corrected chi connectivity index (χ3v) is 2.91. The van der Waals surface area contributed by atoms with Crippen LogP contribution in [0.15, 0.2) is 0 Å². The Morgan fingerprint density at radius 1 is 1.06 bits per heavy atom. The summed E-state index contributed by atoms with van der Waals surface area (Å²) in [7, 11) is 0. The van der Waals surface area contributed by atoms with E-state index in [4.69, 9.17) is 5.11 Å². The van der Waals surface area contributed by atoms with Crippen molar-refractivity contribution >= 4 is 17.7 Å². The van der Waals surface area contributed by atoms with Gasteiger partial charge >= 0.3 is 11.9 Å². The minimum atomic E-state index is -0.933. The first-order valence-electron chi connectivity index (χ1n) is 5.64. The Hall–Kier alpha value is -1.43. The molecule has 18 heavy (non-hydrogen) atoms. The van der Waals surface area contributed by atoms with Gasteiger partial charge in [-0.15, -0.1) is 0 Å². The monoisotopic (exact) mass is 258 g/mol. The van der Waals surface area contributed by atoms with Crippen molar-refractivity contribution in [2.45, 2.75) is 33.8 Å². The number of aliphatic hydroxyl groups is 1. The number of cyclic esters (lactones) is 2. The highest BCUT2D eigenvalue weighted by Crippen LogP contribution is 2.27. The van der Waals surface area contributed by atoms with E-state index in [0.717, 1.165) is 0 Å². The molecule has 2 rings (SSSR count). The normalized spacial score (nSPS) is 28.3. The SMILES string of the molecule is CC1(C)COC(=O)C1=O.CC1(C)COC(=O)C1O. The molecule has 0 bridgehead atoms. The van der Waals surface area contributed by atoms with Gasteiger partial charge < -0.3 is 14.6 Å². The van der Waals surface area contributed by atoms with Crippen molar-refractivity contribution in [1.29, 1.82) is 0 Å². The molecule has 0 aromatic heterocycles. The number of aliphatic hydroxyl groups excluding tert-OH is 1. The topological polar surface area (TPSA) is 89.9 Å². The van der Waals surface area contributed by atoms with Gasteiger partial charge in [-0.3, -0.25) is 4.79 Å². The molecular formula is C12H18O6. The van der Waals surface area contributed by atoms with Crippen molar-refractivity contribution in [3.05, 3.63) is 0 Å². The summed E-state index contributed by atoms with van der Waals surface area (Å²) < 4.78 is 9.08. The molecule has 0 radical (unpaired) electrons. The van der Waals surface area contributed by atoms with Crippen molar-refractivity contribution in [3.8, 4) is 0 Å². The second-order valence-electron chi connectivity index (χ2n) is 5.79. The van der Waals surface area contributed by atoms with E-state index in [2.05, 4.69) is 9.47 Å². The first kappa shape index (κ1) is 14.6. The van der Waals surface area contributed by atoms with E-state index < -0.39 is 34.7 Å². The number of Topliss-reactive ketones (excluding diaryl/α,β-unsaturated/α-hetero) is 1. The maximum Gasteiger partial charge on any atom is 0.375 e. The van der Waals surface area contributed by atoms with Crippen LogP contribution < -0.4 is 0 Å². The molecule has 2 aliphatic heterocycles. The first-order chi connectivity index (χ1) is 8.08. The minimum Gasteiger partial charge on any atom is -0.463 e. The third kappa shape index (κ3) is 2.87. The van der Waals surface area contributed by atoms with Crippen LogP contribution in [0.4, 0.5) is 0 Å². The highest BCUT2D eigenvalue weighted by Gasteiger charge is 2.42. The number of ether oxygens (including phenoxy) is 2. The molecular weight excluding hydrogens is 240 g/mol.